The van der Waals surface area contributed by atoms with Crippen LogP contribution in [0.2, 0.25) is 0 Å². The van der Waals surface area contributed by atoms with Crippen LogP contribution in [0.3, 0.4) is 0 Å². The summed E-state index contributed by atoms with van der Waals surface area (Å²) in [5.74, 6) is 0.433. The number of nitrogens with zero attached hydrogens (tertiary/aromatic N) is 1. The van der Waals surface area contributed by atoms with Crippen LogP contribution in [0.15, 0.2) is 29.1 Å². The van der Waals surface area contributed by atoms with Gasteiger partial charge in [-0.2, -0.15) is 5.26 Å². The van der Waals surface area contributed by atoms with Crippen LogP contribution in [0.25, 0.3) is 11.3 Å². The Balaban J connectivity index is 2.62. The van der Waals surface area contributed by atoms with E-state index in [2.05, 4.69) is 23.8 Å². The van der Waals surface area contributed by atoms with Crippen LogP contribution in [0.5, 0.6) is 0 Å². The van der Waals surface area contributed by atoms with Crippen molar-refractivity contribution in [2.24, 2.45) is 0 Å². The van der Waals surface area contributed by atoms with E-state index in [1.807, 2.05) is 30.3 Å². The fourth-order valence-electron chi connectivity index (χ4n) is 1.84. The van der Waals surface area contributed by atoms with Crippen molar-refractivity contribution >= 4 is 12.2 Å². The number of rotatable bonds is 2. The lowest BCUT2D eigenvalue weighted by atomic mass is 10.00. The molecule has 2 aromatic rings. The molecule has 0 aliphatic carbocycles. The lowest BCUT2D eigenvalue weighted by Gasteiger charge is -2.08. The number of H-pyrrole nitrogens is 2. The summed E-state index contributed by atoms with van der Waals surface area (Å²) in [7, 11) is 0. The summed E-state index contributed by atoms with van der Waals surface area (Å²) in [4.78, 5) is 17.0. The Bertz CT molecular complexity index is 748. The Morgan fingerprint density at radius 3 is 2.37 bits per heavy atom. The maximum Gasteiger partial charge on any atom is 0.270 e. The van der Waals surface area contributed by atoms with Crippen molar-refractivity contribution in [2.75, 3.05) is 0 Å². The fourth-order valence-corrected chi connectivity index (χ4v) is 2.04. The van der Waals surface area contributed by atoms with Gasteiger partial charge in [0.2, 0.25) is 0 Å². The maximum absolute atomic E-state index is 11.7. The summed E-state index contributed by atoms with van der Waals surface area (Å²) >= 11 is 4.94. The number of aromatic nitrogens is 2. The second-order valence-corrected chi connectivity index (χ2v) is 4.96. The van der Waals surface area contributed by atoms with Crippen molar-refractivity contribution in [3.8, 4) is 17.3 Å². The van der Waals surface area contributed by atoms with E-state index in [1.54, 1.807) is 0 Å². The normalized spacial score (nSPS) is 10.4. The highest BCUT2D eigenvalue weighted by atomic mass is 32.1. The summed E-state index contributed by atoms with van der Waals surface area (Å²) < 4.78 is 0.215. The van der Waals surface area contributed by atoms with Crippen LogP contribution in [-0.2, 0) is 0 Å². The van der Waals surface area contributed by atoms with Gasteiger partial charge in [-0.15, -0.1) is 0 Å². The molecule has 2 N–H and O–H groups in total. The molecule has 1 aromatic heterocycles. The minimum Gasteiger partial charge on any atom is -0.331 e. The third-order valence-electron chi connectivity index (χ3n) is 2.92. The van der Waals surface area contributed by atoms with Gasteiger partial charge >= 0.3 is 0 Å². The predicted octanol–water partition coefficient (Wildman–Crippen LogP) is 3.09. The largest absolute Gasteiger partial charge is 0.331 e. The molecule has 1 heterocycles. The lowest BCUT2D eigenvalue weighted by molar-refractivity contribution is 0.867. The maximum atomic E-state index is 11.7. The van der Waals surface area contributed by atoms with Crippen molar-refractivity contribution in [1.29, 1.82) is 5.26 Å². The van der Waals surface area contributed by atoms with Crippen LogP contribution in [-0.4, -0.2) is 9.97 Å². The first kappa shape index (κ1) is 13.2. The van der Waals surface area contributed by atoms with Crippen LogP contribution < -0.4 is 5.56 Å². The zero-order valence-corrected chi connectivity index (χ0v) is 11.5. The van der Waals surface area contributed by atoms with Crippen molar-refractivity contribution in [3.05, 3.63) is 50.5 Å². The summed E-state index contributed by atoms with van der Waals surface area (Å²) in [6.45, 7) is 4.22. The molecule has 5 heteroatoms. The van der Waals surface area contributed by atoms with Gasteiger partial charge < -0.3 is 4.98 Å². The average Bonchev–Trinajstić information content (AvgIpc) is 2.38. The van der Waals surface area contributed by atoms with Gasteiger partial charge in [0.1, 0.15) is 11.6 Å². The molecule has 0 aliphatic heterocycles. The van der Waals surface area contributed by atoms with Crippen LogP contribution in [0.1, 0.15) is 30.9 Å². The third-order valence-corrected chi connectivity index (χ3v) is 3.12. The zero-order valence-electron chi connectivity index (χ0n) is 10.7. The molecule has 96 valence electrons. The Labute approximate surface area is 115 Å². The Morgan fingerprint density at radius 1 is 1.21 bits per heavy atom. The first-order chi connectivity index (χ1) is 9.02. The van der Waals surface area contributed by atoms with Gasteiger partial charge in [0.05, 0.1) is 5.69 Å². The van der Waals surface area contributed by atoms with Crippen molar-refractivity contribution in [3.63, 3.8) is 0 Å². The predicted molar refractivity (Wildman–Crippen MR) is 76.5 cm³/mol. The van der Waals surface area contributed by atoms with Crippen molar-refractivity contribution < 1.29 is 0 Å². The second-order valence-electron chi connectivity index (χ2n) is 4.55. The van der Waals surface area contributed by atoms with Gasteiger partial charge in [0.15, 0.2) is 4.77 Å². The SMILES string of the molecule is CC(C)c1ccc(-c2[nH]c(=S)[nH]c(=O)c2C#N)cc1. The van der Waals surface area contributed by atoms with Crippen LogP contribution >= 0.6 is 12.2 Å². The van der Waals surface area contributed by atoms with Gasteiger partial charge in [-0.1, -0.05) is 38.1 Å². The first-order valence-corrected chi connectivity index (χ1v) is 6.30. The van der Waals surface area contributed by atoms with Crippen LogP contribution in [0, 0.1) is 16.1 Å². The van der Waals surface area contributed by atoms with E-state index in [0.29, 0.717) is 11.6 Å². The highest BCUT2D eigenvalue weighted by Gasteiger charge is 2.10. The van der Waals surface area contributed by atoms with Gasteiger partial charge in [-0.25, -0.2) is 0 Å². The molecule has 0 saturated heterocycles. The summed E-state index contributed by atoms with van der Waals surface area (Å²) in [6.07, 6.45) is 0. The topological polar surface area (TPSA) is 72.4 Å². The number of nitrogens with one attached hydrogen (secondary N) is 2. The molecule has 1 aromatic carbocycles. The van der Waals surface area contributed by atoms with Crippen LogP contribution in [0.4, 0.5) is 0 Å². The van der Waals surface area contributed by atoms with E-state index >= 15 is 0 Å². The number of aromatic amines is 2. The Kier molecular flexibility index (Phi) is 3.63. The van der Waals surface area contributed by atoms with Gasteiger partial charge in [0, 0.05) is 0 Å². The number of hydrogen-bond donors (Lipinski definition) is 2. The minimum atomic E-state index is -0.464. The van der Waals surface area contributed by atoms with E-state index in [4.69, 9.17) is 17.5 Å². The van der Waals surface area contributed by atoms with Crippen molar-refractivity contribution in [2.45, 2.75) is 19.8 Å². The molecule has 0 radical (unpaired) electrons. The minimum absolute atomic E-state index is 0.0471. The monoisotopic (exact) mass is 271 g/mol. The summed E-state index contributed by atoms with van der Waals surface area (Å²) in [5.41, 5.74) is 2.02. The molecule has 2 rings (SSSR count). The van der Waals surface area contributed by atoms with Gasteiger partial charge in [0.25, 0.3) is 5.56 Å². The molecule has 0 bridgehead atoms. The molecule has 0 spiro atoms. The fraction of sp³-hybridized carbons (Fsp3) is 0.214. The smallest absolute Gasteiger partial charge is 0.270 e. The number of hydrogen-bond acceptors (Lipinski definition) is 3. The molecule has 0 fully saturated rings. The average molecular weight is 271 g/mol. The molecular weight excluding hydrogens is 258 g/mol. The van der Waals surface area contributed by atoms with E-state index < -0.39 is 5.56 Å². The second kappa shape index (κ2) is 5.21. The highest BCUT2D eigenvalue weighted by molar-refractivity contribution is 7.71. The van der Waals surface area contributed by atoms with Gasteiger partial charge in [-0.05, 0) is 29.3 Å². The quantitative estimate of drug-likeness (QED) is 0.824. The molecule has 0 amide bonds. The first-order valence-electron chi connectivity index (χ1n) is 5.90. The van der Waals surface area contributed by atoms with Crippen molar-refractivity contribution in [1.82, 2.24) is 9.97 Å². The molecule has 4 nitrogen and oxygen atoms in total. The van der Waals surface area contributed by atoms with E-state index in [1.165, 1.54) is 5.56 Å². The summed E-state index contributed by atoms with van der Waals surface area (Å²) in [5, 5.41) is 9.07. The molecule has 0 unspecified atom stereocenters. The van der Waals surface area contributed by atoms with E-state index in [-0.39, 0.29) is 10.3 Å². The van der Waals surface area contributed by atoms with E-state index in [0.717, 1.165) is 5.56 Å². The molecule has 0 aliphatic rings. The third kappa shape index (κ3) is 2.64. The zero-order chi connectivity index (χ0) is 14.0. The highest BCUT2D eigenvalue weighted by Crippen LogP contribution is 2.22. The molecule has 19 heavy (non-hydrogen) atoms. The molecular formula is C14H13N3OS. The lowest BCUT2D eigenvalue weighted by Crippen LogP contribution is -2.13. The van der Waals surface area contributed by atoms with E-state index in [9.17, 15) is 4.79 Å². The Hall–Kier alpha value is -2.19. The standard InChI is InChI=1S/C14H13N3OS/c1-8(2)9-3-5-10(6-4-9)12-11(7-15)13(18)17-14(19)16-12/h3-6,8H,1-2H3,(H2,16,17,18,19). The molecule has 0 atom stereocenters. The molecule has 0 saturated carbocycles. The number of nitriles is 1. The van der Waals surface area contributed by atoms with Gasteiger partial charge in [-0.3, -0.25) is 9.78 Å². The summed E-state index contributed by atoms with van der Waals surface area (Å²) in [6, 6.07) is 9.65. The Morgan fingerprint density at radius 2 is 1.84 bits per heavy atom. The number of benzene rings is 1.